The number of rotatable bonds is 7. The van der Waals surface area contributed by atoms with Gasteiger partial charge in [0, 0.05) is 18.9 Å². The lowest BCUT2D eigenvalue weighted by atomic mass is 9.82. The molecule has 2 aliphatic carbocycles. The van der Waals surface area contributed by atoms with Crippen LogP contribution in [0.1, 0.15) is 82.6 Å². The van der Waals surface area contributed by atoms with Crippen LogP contribution in [0.4, 0.5) is 0 Å². The van der Waals surface area contributed by atoms with Crippen molar-refractivity contribution in [1.82, 2.24) is 25.5 Å². The number of nitrogens with one attached hydrogen (secondary N) is 2. The van der Waals surface area contributed by atoms with Crippen molar-refractivity contribution in [3.63, 3.8) is 0 Å². The predicted molar refractivity (Wildman–Crippen MR) is 134 cm³/mol. The Kier molecular flexibility index (Phi) is 8.05. The maximum absolute atomic E-state index is 13.8. The Labute approximate surface area is 213 Å². The molecule has 196 valence electrons. The lowest BCUT2D eigenvalue weighted by Crippen LogP contribution is -2.61. The van der Waals surface area contributed by atoms with E-state index in [-0.39, 0.29) is 29.3 Å². The van der Waals surface area contributed by atoms with Gasteiger partial charge in [-0.1, -0.05) is 46.5 Å². The van der Waals surface area contributed by atoms with Crippen LogP contribution in [0, 0.1) is 23.2 Å². The average Bonchev–Trinajstić information content (AvgIpc) is 3.47. The summed E-state index contributed by atoms with van der Waals surface area (Å²) in [6.07, 6.45) is 13.0. The van der Waals surface area contributed by atoms with Crippen molar-refractivity contribution >= 4 is 24.0 Å². The summed E-state index contributed by atoms with van der Waals surface area (Å²) in [4.78, 5) is 62.2. The fraction of sp³-hybridized carbons (Fsp3) is 0.704. The number of fused-ring (bicyclic) bond motifs is 1. The number of amides is 3. The van der Waals surface area contributed by atoms with Gasteiger partial charge in [0.15, 0.2) is 0 Å². The first-order valence-corrected chi connectivity index (χ1v) is 13.3. The average molecular weight is 498 g/mol. The molecule has 3 fully saturated rings. The fourth-order valence-electron chi connectivity index (χ4n) is 6.30. The zero-order chi connectivity index (χ0) is 25.9. The van der Waals surface area contributed by atoms with E-state index < -0.39 is 29.4 Å². The topological polar surface area (TPSA) is 121 Å². The monoisotopic (exact) mass is 497 g/mol. The van der Waals surface area contributed by atoms with Gasteiger partial charge in [-0.25, -0.2) is 4.98 Å². The Morgan fingerprint density at radius 1 is 1.03 bits per heavy atom. The molecule has 5 atom stereocenters. The molecule has 1 saturated heterocycles. The first kappa shape index (κ1) is 26.2. The molecule has 1 aromatic heterocycles. The molecule has 0 spiro atoms. The summed E-state index contributed by atoms with van der Waals surface area (Å²) >= 11 is 0. The summed E-state index contributed by atoms with van der Waals surface area (Å²) in [5, 5.41) is 5.89. The lowest BCUT2D eigenvalue weighted by Gasteiger charge is -2.37. The summed E-state index contributed by atoms with van der Waals surface area (Å²) in [7, 11) is 0. The molecule has 3 aliphatic rings. The molecule has 2 saturated carbocycles. The lowest BCUT2D eigenvalue weighted by molar-refractivity contribution is -0.142. The minimum Gasteiger partial charge on any atom is -0.342 e. The van der Waals surface area contributed by atoms with Gasteiger partial charge in [0.2, 0.25) is 11.8 Å². The van der Waals surface area contributed by atoms with Crippen LogP contribution in [-0.4, -0.2) is 63.5 Å². The van der Waals surface area contributed by atoms with E-state index in [4.69, 9.17) is 0 Å². The second kappa shape index (κ2) is 11.0. The SMILES string of the molecule is CC(C)(C)[C@H](NC(=O)[C@@H](NC(=O)c1cnccn1)C1CCCCC1)C(=O)N1C[C@@H]2CCC[C@@H]2[C@H]1C=O. The molecule has 1 aromatic rings. The molecule has 3 amide bonds. The van der Waals surface area contributed by atoms with E-state index in [1.54, 1.807) is 4.90 Å². The molecule has 1 aliphatic heterocycles. The molecule has 2 N–H and O–H groups in total. The van der Waals surface area contributed by atoms with Gasteiger partial charge in [0.05, 0.1) is 12.2 Å². The summed E-state index contributed by atoms with van der Waals surface area (Å²) < 4.78 is 0. The van der Waals surface area contributed by atoms with Gasteiger partial charge in [0.25, 0.3) is 5.91 Å². The Balaban J connectivity index is 1.54. The number of aromatic nitrogens is 2. The van der Waals surface area contributed by atoms with E-state index in [1.807, 2.05) is 20.8 Å². The first-order valence-electron chi connectivity index (χ1n) is 13.3. The van der Waals surface area contributed by atoms with Crippen LogP contribution in [0.2, 0.25) is 0 Å². The predicted octanol–water partition coefficient (Wildman–Crippen LogP) is 2.51. The Morgan fingerprint density at radius 2 is 1.78 bits per heavy atom. The van der Waals surface area contributed by atoms with Gasteiger partial charge < -0.3 is 20.3 Å². The van der Waals surface area contributed by atoms with Crippen LogP contribution < -0.4 is 10.6 Å². The number of carbonyl (C=O) groups excluding carboxylic acids is 4. The molecule has 36 heavy (non-hydrogen) atoms. The van der Waals surface area contributed by atoms with E-state index in [2.05, 4.69) is 20.6 Å². The summed E-state index contributed by atoms with van der Waals surface area (Å²) in [6, 6.07) is -2.03. The number of carbonyl (C=O) groups is 4. The molecular weight excluding hydrogens is 458 g/mol. The van der Waals surface area contributed by atoms with E-state index in [0.717, 1.165) is 57.7 Å². The maximum atomic E-state index is 13.8. The minimum absolute atomic E-state index is 0.0241. The van der Waals surface area contributed by atoms with Crippen molar-refractivity contribution in [3.05, 3.63) is 24.3 Å². The van der Waals surface area contributed by atoms with E-state index in [9.17, 15) is 19.2 Å². The summed E-state index contributed by atoms with van der Waals surface area (Å²) in [6.45, 7) is 6.30. The zero-order valence-corrected chi connectivity index (χ0v) is 21.6. The van der Waals surface area contributed by atoms with Gasteiger partial charge in [0.1, 0.15) is 24.1 Å². The van der Waals surface area contributed by atoms with Crippen LogP contribution >= 0.6 is 0 Å². The van der Waals surface area contributed by atoms with Crippen LogP contribution in [0.5, 0.6) is 0 Å². The molecule has 0 unspecified atom stereocenters. The maximum Gasteiger partial charge on any atom is 0.272 e. The normalized spacial score (nSPS) is 26.1. The first-order chi connectivity index (χ1) is 17.2. The third kappa shape index (κ3) is 5.60. The molecule has 4 rings (SSSR count). The smallest absolute Gasteiger partial charge is 0.272 e. The number of hydrogen-bond acceptors (Lipinski definition) is 6. The third-order valence-electron chi connectivity index (χ3n) is 8.26. The van der Waals surface area contributed by atoms with Crippen molar-refractivity contribution in [2.75, 3.05) is 6.54 Å². The van der Waals surface area contributed by atoms with Gasteiger partial charge in [-0.05, 0) is 48.9 Å². The Morgan fingerprint density at radius 3 is 2.42 bits per heavy atom. The van der Waals surface area contributed by atoms with Gasteiger partial charge in [-0.15, -0.1) is 0 Å². The Bertz CT molecular complexity index is 957. The quantitative estimate of drug-likeness (QED) is 0.559. The van der Waals surface area contributed by atoms with E-state index >= 15 is 0 Å². The summed E-state index contributed by atoms with van der Waals surface area (Å²) in [5.41, 5.74) is -0.434. The number of aldehydes is 1. The number of likely N-dealkylation sites (tertiary alicyclic amines) is 1. The fourth-order valence-corrected chi connectivity index (χ4v) is 6.30. The highest BCUT2D eigenvalue weighted by Gasteiger charge is 2.49. The molecule has 2 heterocycles. The Hall–Kier alpha value is -2.84. The van der Waals surface area contributed by atoms with Crippen molar-refractivity contribution in [2.45, 2.75) is 90.3 Å². The highest BCUT2D eigenvalue weighted by Crippen LogP contribution is 2.42. The van der Waals surface area contributed by atoms with Crippen LogP contribution in [-0.2, 0) is 14.4 Å². The van der Waals surface area contributed by atoms with Crippen LogP contribution in [0.15, 0.2) is 18.6 Å². The zero-order valence-electron chi connectivity index (χ0n) is 21.6. The van der Waals surface area contributed by atoms with Gasteiger partial charge in [-0.3, -0.25) is 19.4 Å². The van der Waals surface area contributed by atoms with Gasteiger partial charge in [-0.2, -0.15) is 0 Å². The highest BCUT2D eigenvalue weighted by atomic mass is 16.2. The van der Waals surface area contributed by atoms with Crippen LogP contribution in [0.25, 0.3) is 0 Å². The van der Waals surface area contributed by atoms with Gasteiger partial charge >= 0.3 is 0 Å². The minimum atomic E-state index is -0.814. The van der Waals surface area contributed by atoms with Crippen molar-refractivity contribution in [2.24, 2.45) is 23.2 Å². The largest absolute Gasteiger partial charge is 0.342 e. The second-order valence-corrected chi connectivity index (χ2v) is 11.7. The number of hydrogen-bond donors (Lipinski definition) is 2. The molecule has 0 radical (unpaired) electrons. The molecule has 0 aromatic carbocycles. The van der Waals surface area contributed by atoms with E-state index in [1.165, 1.54) is 18.6 Å². The second-order valence-electron chi connectivity index (χ2n) is 11.7. The summed E-state index contributed by atoms with van der Waals surface area (Å²) in [5.74, 6) is -0.505. The van der Waals surface area contributed by atoms with E-state index in [0.29, 0.717) is 12.5 Å². The highest BCUT2D eigenvalue weighted by molar-refractivity contribution is 5.97. The van der Waals surface area contributed by atoms with Crippen molar-refractivity contribution in [1.29, 1.82) is 0 Å². The van der Waals surface area contributed by atoms with Crippen molar-refractivity contribution in [3.8, 4) is 0 Å². The molecular formula is C27H39N5O4. The van der Waals surface area contributed by atoms with Crippen LogP contribution in [0.3, 0.4) is 0 Å². The van der Waals surface area contributed by atoms with Crippen molar-refractivity contribution < 1.29 is 19.2 Å². The number of nitrogens with zero attached hydrogens (tertiary/aromatic N) is 3. The third-order valence-corrected chi connectivity index (χ3v) is 8.26. The molecule has 9 nitrogen and oxygen atoms in total. The standard InChI is InChI=1S/C27H39N5O4/c1-27(2,3)23(26(36)32-15-18-10-7-11-19(18)21(32)16-33)31-25(35)22(17-8-5-4-6-9-17)30-24(34)20-14-28-12-13-29-20/h12-14,16-19,21-23H,4-11,15H2,1-3H3,(H,30,34)(H,31,35)/t18-,19-,21+,22-,23+/m0/s1. The molecule has 9 heteroatoms. The molecule has 0 bridgehead atoms.